The number of rotatable bonds is 4. The molecule has 0 spiro atoms. The standard InChI is InChI=1S/C18H19BrN2O3/c1-11-5-7-15(8-13(11)3)24-10-17(22)20-21-18(23)14-6-4-12(2)16(19)9-14/h4-9H,10H2,1-3H3,(H,20,22)(H,21,23). The Balaban J connectivity index is 1.83. The van der Waals surface area contributed by atoms with E-state index in [0.29, 0.717) is 11.3 Å². The molecule has 0 aromatic heterocycles. The molecule has 2 amide bonds. The van der Waals surface area contributed by atoms with Crippen LogP contribution < -0.4 is 15.6 Å². The zero-order valence-corrected chi connectivity index (χ0v) is 15.4. The average Bonchev–Trinajstić information content (AvgIpc) is 2.56. The van der Waals surface area contributed by atoms with Gasteiger partial charge in [0.25, 0.3) is 11.8 Å². The third kappa shape index (κ3) is 4.83. The summed E-state index contributed by atoms with van der Waals surface area (Å²) >= 11 is 3.37. The van der Waals surface area contributed by atoms with E-state index in [-0.39, 0.29) is 6.61 Å². The van der Waals surface area contributed by atoms with Crippen LogP contribution in [0.4, 0.5) is 0 Å². The number of nitrogens with one attached hydrogen (secondary N) is 2. The molecule has 0 bridgehead atoms. The molecule has 126 valence electrons. The van der Waals surface area contributed by atoms with Gasteiger partial charge in [0.2, 0.25) is 0 Å². The fourth-order valence-corrected chi connectivity index (χ4v) is 2.30. The van der Waals surface area contributed by atoms with Gasteiger partial charge in [0, 0.05) is 10.0 Å². The molecule has 0 saturated carbocycles. The Morgan fingerprint density at radius 2 is 1.67 bits per heavy atom. The van der Waals surface area contributed by atoms with Crippen molar-refractivity contribution < 1.29 is 14.3 Å². The van der Waals surface area contributed by atoms with E-state index in [0.717, 1.165) is 21.2 Å². The van der Waals surface area contributed by atoms with Crippen molar-refractivity contribution in [1.29, 1.82) is 0 Å². The summed E-state index contributed by atoms with van der Waals surface area (Å²) in [6, 6.07) is 10.8. The van der Waals surface area contributed by atoms with Crippen LogP contribution in [0.1, 0.15) is 27.0 Å². The van der Waals surface area contributed by atoms with Crippen molar-refractivity contribution in [2.24, 2.45) is 0 Å². The topological polar surface area (TPSA) is 67.4 Å². The summed E-state index contributed by atoms with van der Waals surface area (Å²) < 4.78 is 6.24. The number of hydrogen-bond donors (Lipinski definition) is 2. The molecule has 2 aromatic rings. The van der Waals surface area contributed by atoms with Gasteiger partial charge in [-0.15, -0.1) is 0 Å². The zero-order chi connectivity index (χ0) is 17.7. The van der Waals surface area contributed by atoms with Gasteiger partial charge in [-0.1, -0.05) is 28.1 Å². The Hall–Kier alpha value is -2.34. The number of carbonyl (C=O) groups is 2. The maximum atomic E-state index is 12.0. The fraction of sp³-hybridized carbons (Fsp3) is 0.222. The highest BCUT2D eigenvalue weighted by Crippen LogP contribution is 2.17. The third-order valence-electron chi connectivity index (χ3n) is 3.60. The maximum absolute atomic E-state index is 12.0. The van der Waals surface area contributed by atoms with Gasteiger partial charge in [-0.05, 0) is 61.7 Å². The van der Waals surface area contributed by atoms with E-state index in [9.17, 15) is 9.59 Å². The molecule has 0 aliphatic carbocycles. The number of carbonyl (C=O) groups excluding carboxylic acids is 2. The molecule has 24 heavy (non-hydrogen) atoms. The Bertz CT molecular complexity index is 775. The summed E-state index contributed by atoms with van der Waals surface area (Å²) in [4.78, 5) is 23.7. The van der Waals surface area contributed by atoms with Crippen LogP contribution in [0.3, 0.4) is 0 Å². The smallest absolute Gasteiger partial charge is 0.276 e. The first-order chi connectivity index (χ1) is 11.4. The highest BCUT2D eigenvalue weighted by Gasteiger charge is 2.09. The van der Waals surface area contributed by atoms with Crippen molar-refractivity contribution in [3.05, 3.63) is 63.1 Å². The van der Waals surface area contributed by atoms with Crippen molar-refractivity contribution in [3.63, 3.8) is 0 Å². The van der Waals surface area contributed by atoms with Gasteiger partial charge >= 0.3 is 0 Å². The second kappa shape index (κ2) is 7.97. The van der Waals surface area contributed by atoms with E-state index < -0.39 is 11.8 Å². The second-order valence-electron chi connectivity index (χ2n) is 5.50. The Labute approximate surface area is 149 Å². The van der Waals surface area contributed by atoms with Crippen molar-refractivity contribution >= 4 is 27.7 Å². The molecule has 0 heterocycles. The Morgan fingerprint density at radius 3 is 2.33 bits per heavy atom. The van der Waals surface area contributed by atoms with Crippen LogP contribution in [-0.4, -0.2) is 18.4 Å². The minimum Gasteiger partial charge on any atom is -0.484 e. The second-order valence-corrected chi connectivity index (χ2v) is 6.36. The molecule has 0 aliphatic rings. The van der Waals surface area contributed by atoms with Gasteiger partial charge in [-0.2, -0.15) is 0 Å². The first kappa shape index (κ1) is 18.0. The summed E-state index contributed by atoms with van der Waals surface area (Å²) in [5.74, 6) is -0.218. The number of benzene rings is 2. The summed E-state index contributed by atoms with van der Waals surface area (Å²) in [7, 11) is 0. The molecule has 0 unspecified atom stereocenters. The monoisotopic (exact) mass is 390 g/mol. The van der Waals surface area contributed by atoms with Gasteiger partial charge in [-0.25, -0.2) is 0 Å². The first-order valence-corrected chi connectivity index (χ1v) is 8.21. The van der Waals surface area contributed by atoms with Crippen LogP contribution in [0.15, 0.2) is 40.9 Å². The largest absolute Gasteiger partial charge is 0.484 e. The van der Waals surface area contributed by atoms with E-state index in [2.05, 4.69) is 26.8 Å². The van der Waals surface area contributed by atoms with E-state index in [1.54, 1.807) is 18.2 Å². The molecule has 0 fully saturated rings. The summed E-state index contributed by atoms with van der Waals surface area (Å²) in [5.41, 5.74) is 8.41. The van der Waals surface area contributed by atoms with Gasteiger partial charge in [0.05, 0.1) is 0 Å². The summed E-state index contributed by atoms with van der Waals surface area (Å²) in [6.07, 6.45) is 0. The lowest BCUT2D eigenvalue weighted by Crippen LogP contribution is -2.43. The van der Waals surface area contributed by atoms with Crippen LogP contribution in [0.5, 0.6) is 5.75 Å². The molecular weight excluding hydrogens is 372 g/mol. The van der Waals surface area contributed by atoms with E-state index >= 15 is 0 Å². The Kier molecular flexibility index (Phi) is 5.98. The highest BCUT2D eigenvalue weighted by atomic mass is 79.9. The average molecular weight is 391 g/mol. The van der Waals surface area contributed by atoms with Crippen molar-refractivity contribution in [2.45, 2.75) is 20.8 Å². The van der Waals surface area contributed by atoms with Gasteiger partial charge in [-0.3, -0.25) is 20.4 Å². The molecular formula is C18H19BrN2O3. The predicted octanol–water partition coefficient (Wildman–Crippen LogP) is 3.21. The molecule has 2 aromatic carbocycles. The highest BCUT2D eigenvalue weighted by molar-refractivity contribution is 9.10. The lowest BCUT2D eigenvalue weighted by atomic mass is 10.1. The van der Waals surface area contributed by atoms with Crippen LogP contribution in [0, 0.1) is 20.8 Å². The number of aryl methyl sites for hydroxylation is 3. The number of hydrogen-bond acceptors (Lipinski definition) is 3. The van der Waals surface area contributed by atoms with Crippen LogP contribution >= 0.6 is 15.9 Å². The molecule has 0 radical (unpaired) electrons. The molecule has 6 heteroatoms. The molecule has 0 atom stereocenters. The summed E-state index contributed by atoms with van der Waals surface area (Å²) in [5, 5.41) is 0. The lowest BCUT2D eigenvalue weighted by Gasteiger charge is -2.10. The fourth-order valence-electron chi connectivity index (χ4n) is 1.92. The molecule has 0 saturated heterocycles. The molecule has 2 N–H and O–H groups in total. The quantitative estimate of drug-likeness (QED) is 0.787. The van der Waals surface area contributed by atoms with Crippen LogP contribution in [-0.2, 0) is 4.79 Å². The Morgan fingerprint density at radius 1 is 0.958 bits per heavy atom. The van der Waals surface area contributed by atoms with Gasteiger partial charge in [0.15, 0.2) is 6.61 Å². The van der Waals surface area contributed by atoms with Crippen LogP contribution in [0.25, 0.3) is 0 Å². The van der Waals surface area contributed by atoms with Gasteiger partial charge < -0.3 is 4.74 Å². The van der Waals surface area contributed by atoms with Crippen molar-refractivity contribution in [1.82, 2.24) is 10.9 Å². The zero-order valence-electron chi connectivity index (χ0n) is 13.8. The number of amides is 2. The predicted molar refractivity (Wildman–Crippen MR) is 95.9 cm³/mol. The molecule has 0 aliphatic heterocycles. The van der Waals surface area contributed by atoms with Crippen LogP contribution in [0.2, 0.25) is 0 Å². The van der Waals surface area contributed by atoms with Crippen molar-refractivity contribution in [2.75, 3.05) is 6.61 Å². The van der Waals surface area contributed by atoms with E-state index in [1.807, 2.05) is 39.0 Å². The third-order valence-corrected chi connectivity index (χ3v) is 4.45. The first-order valence-electron chi connectivity index (χ1n) is 7.42. The van der Waals surface area contributed by atoms with E-state index in [4.69, 9.17) is 4.74 Å². The SMILES string of the molecule is Cc1ccc(OCC(=O)NNC(=O)c2ccc(C)c(Br)c2)cc1C. The maximum Gasteiger partial charge on any atom is 0.276 e. The minimum atomic E-state index is -0.437. The normalized spacial score (nSPS) is 10.2. The van der Waals surface area contributed by atoms with Crippen molar-refractivity contribution in [3.8, 4) is 5.75 Å². The van der Waals surface area contributed by atoms with E-state index in [1.165, 1.54) is 0 Å². The lowest BCUT2D eigenvalue weighted by molar-refractivity contribution is -0.123. The molecule has 5 nitrogen and oxygen atoms in total. The minimum absolute atomic E-state index is 0.180. The number of halogens is 1. The summed E-state index contributed by atoms with van der Waals surface area (Å²) in [6.45, 7) is 5.73. The van der Waals surface area contributed by atoms with Gasteiger partial charge in [0.1, 0.15) is 5.75 Å². The number of ether oxygens (including phenoxy) is 1. The number of hydrazine groups is 1. The molecule has 2 rings (SSSR count).